The Morgan fingerprint density at radius 2 is 1.84 bits per heavy atom. The summed E-state index contributed by atoms with van der Waals surface area (Å²) in [5.74, 6) is 0.229. The molecule has 3 aromatic rings. The molecule has 0 saturated heterocycles. The molecule has 7 nitrogen and oxygen atoms in total. The van der Waals surface area contributed by atoms with E-state index < -0.39 is 10.0 Å². The van der Waals surface area contributed by atoms with Gasteiger partial charge < -0.3 is 10.5 Å². The summed E-state index contributed by atoms with van der Waals surface area (Å²) in [5, 5.41) is 0.681. The maximum absolute atomic E-state index is 12.2. The number of aromatic nitrogens is 2. The van der Waals surface area contributed by atoms with Gasteiger partial charge in [-0.3, -0.25) is 0 Å². The van der Waals surface area contributed by atoms with Crippen molar-refractivity contribution in [2.75, 3.05) is 26.0 Å². The minimum absolute atomic E-state index is 0.229. The van der Waals surface area contributed by atoms with E-state index in [1.807, 2.05) is 43.3 Å². The number of nitrogens with one attached hydrogen (secondary N) is 1. The Morgan fingerprint density at radius 1 is 1.09 bits per heavy atom. The number of benzene rings is 2. The highest BCUT2D eigenvalue weighted by Gasteiger charge is 2.13. The number of nitrogen functional groups attached to an aromatic ring is 1. The number of hydrogen-bond donors (Lipinski definition) is 2. The van der Waals surface area contributed by atoms with Crippen LogP contribution in [-0.4, -0.2) is 38.6 Å². The topological polar surface area (TPSA) is 107 Å². The number of halogens is 1. The summed E-state index contributed by atoms with van der Waals surface area (Å²) in [6.45, 7) is 2.51. The first kappa shape index (κ1) is 24.1. The average molecular weight is 475 g/mol. The molecule has 3 N–H and O–H groups in total. The molecule has 0 aliphatic carbocycles. The van der Waals surface area contributed by atoms with Gasteiger partial charge in [0.1, 0.15) is 0 Å². The van der Waals surface area contributed by atoms with Gasteiger partial charge in [0.15, 0.2) is 0 Å². The molecule has 170 valence electrons. The summed E-state index contributed by atoms with van der Waals surface area (Å²) in [4.78, 5) is 8.97. The van der Waals surface area contributed by atoms with Crippen LogP contribution in [0.3, 0.4) is 0 Å². The number of ether oxygens (including phenoxy) is 1. The van der Waals surface area contributed by atoms with Crippen molar-refractivity contribution in [2.24, 2.45) is 0 Å². The Kier molecular flexibility index (Phi) is 8.20. The minimum Gasteiger partial charge on any atom is -0.383 e. The predicted molar refractivity (Wildman–Crippen MR) is 127 cm³/mol. The van der Waals surface area contributed by atoms with Gasteiger partial charge in [0.2, 0.25) is 16.0 Å². The van der Waals surface area contributed by atoms with E-state index in [0.29, 0.717) is 11.6 Å². The fraction of sp³-hybridized carbons (Fsp3) is 0.304. The Balaban J connectivity index is 1.63. The van der Waals surface area contributed by atoms with E-state index in [4.69, 9.17) is 22.1 Å². The number of rotatable bonds is 10. The number of methoxy groups -OCH3 is 1. The van der Waals surface area contributed by atoms with E-state index in [2.05, 4.69) is 14.7 Å². The van der Waals surface area contributed by atoms with Gasteiger partial charge in [0.25, 0.3) is 0 Å². The van der Waals surface area contributed by atoms with Crippen molar-refractivity contribution < 1.29 is 13.2 Å². The predicted octanol–water partition coefficient (Wildman–Crippen LogP) is 3.79. The van der Waals surface area contributed by atoms with Gasteiger partial charge in [-0.1, -0.05) is 35.9 Å². The fourth-order valence-electron chi connectivity index (χ4n) is 3.34. The van der Waals surface area contributed by atoms with E-state index in [9.17, 15) is 8.42 Å². The number of sulfonamides is 1. The molecule has 0 aliphatic rings. The van der Waals surface area contributed by atoms with Crippen molar-refractivity contribution in [3.63, 3.8) is 0 Å². The zero-order valence-electron chi connectivity index (χ0n) is 18.1. The Hall–Kier alpha value is -2.52. The Bertz CT molecular complexity index is 1170. The summed E-state index contributed by atoms with van der Waals surface area (Å²) < 4.78 is 31.9. The van der Waals surface area contributed by atoms with Crippen molar-refractivity contribution in [2.45, 2.75) is 31.1 Å². The lowest BCUT2D eigenvalue weighted by Crippen LogP contribution is -2.27. The third kappa shape index (κ3) is 6.26. The fourth-order valence-corrected chi connectivity index (χ4v) is 4.53. The maximum atomic E-state index is 12.2. The van der Waals surface area contributed by atoms with Gasteiger partial charge in [-0.25, -0.2) is 23.1 Å². The molecule has 1 heterocycles. The third-order valence-electron chi connectivity index (χ3n) is 5.07. The zero-order valence-corrected chi connectivity index (χ0v) is 19.7. The molecule has 0 saturated carbocycles. The molecule has 0 amide bonds. The first-order valence-electron chi connectivity index (χ1n) is 10.3. The van der Waals surface area contributed by atoms with Crippen LogP contribution < -0.4 is 10.5 Å². The minimum atomic E-state index is -3.53. The monoisotopic (exact) mass is 474 g/mol. The van der Waals surface area contributed by atoms with Gasteiger partial charge in [0.05, 0.1) is 17.2 Å². The van der Waals surface area contributed by atoms with E-state index >= 15 is 0 Å². The molecule has 32 heavy (non-hydrogen) atoms. The molecule has 1 aromatic heterocycles. The van der Waals surface area contributed by atoms with Gasteiger partial charge >= 0.3 is 0 Å². The maximum Gasteiger partial charge on any atom is 0.240 e. The quantitative estimate of drug-likeness (QED) is 0.433. The summed E-state index contributed by atoms with van der Waals surface area (Å²) in [5.41, 5.74) is 10.5. The summed E-state index contributed by atoms with van der Waals surface area (Å²) in [6.07, 6.45) is 2.34. The smallest absolute Gasteiger partial charge is 0.240 e. The summed E-state index contributed by atoms with van der Waals surface area (Å²) >= 11 is 6.24. The first-order valence-corrected chi connectivity index (χ1v) is 12.1. The molecule has 9 heteroatoms. The molecule has 2 aromatic carbocycles. The highest BCUT2D eigenvalue weighted by Crippen LogP contribution is 2.28. The van der Waals surface area contributed by atoms with Gasteiger partial charge in [-0.2, -0.15) is 0 Å². The van der Waals surface area contributed by atoms with Crippen molar-refractivity contribution in [3.05, 3.63) is 70.4 Å². The summed E-state index contributed by atoms with van der Waals surface area (Å²) in [6, 6.07) is 14.5. The van der Waals surface area contributed by atoms with Crippen LogP contribution in [0, 0.1) is 6.92 Å². The lowest BCUT2D eigenvalue weighted by atomic mass is 10.0. The van der Waals surface area contributed by atoms with Gasteiger partial charge in [-0.05, 0) is 61.6 Å². The SMILES string of the molecule is COCCNS(=O)(=O)c1ccc(CCCc2cc(-c3cccc(Cl)c3C)nc(N)n2)cc1. The van der Waals surface area contributed by atoms with Crippen LogP contribution in [-0.2, 0) is 27.6 Å². The van der Waals surface area contributed by atoms with Crippen LogP contribution in [0.4, 0.5) is 5.95 Å². The number of nitrogens with zero attached hydrogens (tertiary/aromatic N) is 2. The van der Waals surface area contributed by atoms with Crippen molar-refractivity contribution >= 4 is 27.6 Å². The molecule has 3 rings (SSSR count). The van der Waals surface area contributed by atoms with Crippen molar-refractivity contribution in [1.29, 1.82) is 0 Å². The highest BCUT2D eigenvalue weighted by atomic mass is 35.5. The average Bonchev–Trinajstić information content (AvgIpc) is 2.76. The van der Waals surface area contributed by atoms with E-state index in [1.54, 1.807) is 12.1 Å². The molecular formula is C23H27ClN4O3S. The van der Waals surface area contributed by atoms with Crippen molar-refractivity contribution in [3.8, 4) is 11.3 Å². The summed E-state index contributed by atoms with van der Waals surface area (Å²) in [7, 11) is -2.00. The van der Waals surface area contributed by atoms with Crippen LogP contribution in [0.1, 0.15) is 23.2 Å². The zero-order chi connectivity index (χ0) is 23.1. The van der Waals surface area contributed by atoms with Crippen LogP contribution >= 0.6 is 11.6 Å². The molecule has 0 atom stereocenters. The first-order chi connectivity index (χ1) is 15.3. The second-order valence-corrected chi connectivity index (χ2v) is 9.58. The Morgan fingerprint density at radius 3 is 2.56 bits per heavy atom. The number of anilines is 1. The van der Waals surface area contributed by atoms with Crippen LogP contribution in [0.2, 0.25) is 5.02 Å². The molecule has 0 aliphatic heterocycles. The van der Waals surface area contributed by atoms with E-state index in [1.165, 1.54) is 7.11 Å². The number of hydrogen-bond acceptors (Lipinski definition) is 6. The van der Waals surface area contributed by atoms with Crippen LogP contribution in [0.25, 0.3) is 11.3 Å². The second kappa shape index (κ2) is 10.9. The van der Waals surface area contributed by atoms with Gasteiger partial charge in [0, 0.05) is 29.9 Å². The molecule has 0 unspecified atom stereocenters. The van der Waals surface area contributed by atoms with Gasteiger partial charge in [-0.15, -0.1) is 0 Å². The van der Waals surface area contributed by atoms with Crippen molar-refractivity contribution in [1.82, 2.24) is 14.7 Å². The molecule has 0 radical (unpaired) electrons. The number of nitrogens with two attached hydrogens (primary N) is 1. The molecular weight excluding hydrogens is 448 g/mol. The lowest BCUT2D eigenvalue weighted by Gasteiger charge is -2.10. The third-order valence-corrected chi connectivity index (χ3v) is 6.96. The highest BCUT2D eigenvalue weighted by molar-refractivity contribution is 7.89. The molecule has 0 spiro atoms. The molecule has 0 fully saturated rings. The Labute approximate surface area is 194 Å². The second-order valence-electron chi connectivity index (χ2n) is 7.40. The lowest BCUT2D eigenvalue weighted by molar-refractivity contribution is 0.204. The van der Waals surface area contributed by atoms with E-state index in [-0.39, 0.29) is 17.4 Å². The largest absolute Gasteiger partial charge is 0.383 e. The number of aryl methyl sites for hydroxylation is 2. The van der Waals surface area contributed by atoms with Crippen LogP contribution in [0.5, 0.6) is 0 Å². The molecule has 0 bridgehead atoms. The van der Waals surface area contributed by atoms with E-state index in [0.717, 1.165) is 47.3 Å². The normalized spacial score (nSPS) is 11.6. The van der Waals surface area contributed by atoms with Crippen LogP contribution in [0.15, 0.2) is 53.4 Å². The standard InChI is InChI=1S/C23H27ClN4O3S/c1-16-20(7-4-8-21(16)24)22-15-18(27-23(25)28-22)6-3-5-17-9-11-19(12-10-17)32(29,30)26-13-14-31-2/h4,7-12,15,26H,3,5-6,13-14H2,1-2H3,(H2,25,27,28).